The van der Waals surface area contributed by atoms with E-state index >= 15 is 0 Å². The summed E-state index contributed by atoms with van der Waals surface area (Å²) in [6.07, 6.45) is 6.41. The van der Waals surface area contributed by atoms with E-state index in [1.54, 1.807) is 6.92 Å². The van der Waals surface area contributed by atoms with Gasteiger partial charge in [-0.1, -0.05) is 20.3 Å². The lowest BCUT2D eigenvalue weighted by molar-refractivity contribution is -0.142. The number of nitrogens with one attached hydrogen (secondary N) is 5. The Balaban J connectivity index is 2.18. The third kappa shape index (κ3) is 8.40. The number of aliphatic carboxylic acids is 1. The molecular formula is C21H32N8O5S. The maximum absolute atomic E-state index is 13.2. The SMILES string of the molecule is CCC(C)C(NC(=O)C(Cc1cnc[nH]1)NC(=O)C(N)CS)C(=O)NC(Cc1cnc[nH]1)C(=O)O. The van der Waals surface area contributed by atoms with Crippen LogP contribution >= 0.6 is 12.6 Å². The molecule has 8 N–H and O–H groups in total. The van der Waals surface area contributed by atoms with Gasteiger partial charge in [-0.15, -0.1) is 0 Å². The quantitative estimate of drug-likeness (QED) is 0.144. The normalized spacial score (nSPS) is 15.3. The Hall–Kier alpha value is -3.39. The number of aromatic amines is 2. The van der Waals surface area contributed by atoms with Crippen LogP contribution in [0.1, 0.15) is 31.7 Å². The van der Waals surface area contributed by atoms with Gasteiger partial charge in [0.05, 0.1) is 18.7 Å². The standard InChI is InChI=1S/C21H32N8O5S/c1-3-11(2)17(20(32)28-16(21(33)34)5-13-7-24-10-26-13)29-19(31)15(4-12-6-23-9-25-12)27-18(30)14(22)8-35/h6-7,9-11,14-17,35H,3-5,8,22H2,1-2H3,(H,23,25)(H,24,26)(H,27,30)(H,28,32)(H,29,31)(H,33,34). The van der Waals surface area contributed by atoms with Gasteiger partial charge in [0, 0.05) is 42.4 Å². The lowest BCUT2D eigenvalue weighted by Crippen LogP contribution is -2.59. The van der Waals surface area contributed by atoms with E-state index < -0.39 is 47.9 Å². The van der Waals surface area contributed by atoms with Gasteiger partial charge < -0.3 is 36.8 Å². The monoisotopic (exact) mass is 508 g/mol. The Morgan fingerprint density at radius 2 is 1.51 bits per heavy atom. The summed E-state index contributed by atoms with van der Waals surface area (Å²) in [6.45, 7) is 3.60. The molecule has 0 aliphatic carbocycles. The number of carbonyl (C=O) groups excluding carboxylic acids is 3. The Morgan fingerprint density at radius 3 is 1.97 bits per heavy atom. The summed E-state index contributed by atoms with van der Waals surface area (Å²) in [4.78, 5) is 63.8. The summed E-state index contributed by atoms with van der Waals surface area (Å²) >= 11 is 4.01. The van der Waals surface area contributed by atoms with Crippen LogP contribution in [0, 0.1) is 5.92 Å². The minimum absolute atomic E-state index is 0.0115. The highest BCUT2D eigenvalue weighted by Crippen LogP contribution is 2.11. The molecule has 35 heavy (non-hydrogen) atoms. The molecule has 3 amide bonds. The molecule has 0 spiro atoms. The fourth-order valence-corrected chi connectivity index (χ4v) is 3.39. The van der Waals surface area contributed by atoms with E-state index in [1.165, 1.54) is 25.0 Å². The molecule has 14 heteroatoms. The van der Waals surface area contributed by atoms with Crippen LogP contribution in [0.3, 0.4) is 0 Å². The summed E-state index contributed by atoms with van der Waals surface area (Å²) in [5.41, 5.74) is 6.84. The molecule has 2 aromatic heterocycles. The molecule has 0 saturated heterocycles. The van der Waals surface area contributed by atoms with E-state index in [0.717, 1.165) is 0 Å². The molecule has 0 aliphatic heterocycles. The molecule has 0 bridgehead atoms. The zero-order valence-electron chi connectivity index (χ0n) is 19.5. The first-order chi connectivity index (χ1) is 16.7. The maximum atomic E-state index is 13.2. The molecular weight excluding hydrogens is 476 g/mol. The second-order valence-electron chi connectivity index (χ2n) is 8.18. The van der Waals surface area contributed by atoms with Gasteiger partial charge in [0.25, 0.3) is 0 Å². The van der Waals surface area contributed by atoms with Crippen LogP contribution in [0.25, 0.3) is 0 Å². The fraction of sp³-hybridized carbons (Fsp3) is 0.524. The number of carboxylic acids is 1. The summed E-state index contributed by atoms with van der Waals surface area (Å²) in [5, 5.41) is 17.3. The van der Waals surface area contributed by atoms with Crippen molar-refractivity contribution in [2.45, 2.75) is 57.3 Å². The summed E-state index contributed by atoms with van der Waals surface area (Å²) < 4.78 is 0. The van der Waals surface area contributed by atoms with Crippen molar-refractivity contribution >= 4 is 36.3 Å². The van der Waals surface area contributed by atoms with Crippen molar-refractivity contribution in [3.8, 4) is 0 Å². The Labute approximate surface area is 207 Å². The number of aromatic nitrogens is 4. The van der Waals surface area contributed by atoms with Crippen LogP contribution in [0.4, 0.5) is 0 Å². The van der Waals surface area contributed by atoms with Gasteiger partial charge in [-0.2, -0.15) is 12.6 Å². The Morgan fingerprint density at radius 1 is 0.971 bits per heavy atom. The number of nitrogens with two attached hydrogens (primary N) is 1. The molecule has 2 rings (SSSR count). The number of amides is 3. The highest BCUT2D eigenvalue weighted by Gasteiger charge is 2.33. The van der Waals surface area contributed by atoms with Gasteiger partial charge in [0.2, 0.25) is 17.7 Å². The van der Waals surface area contributed by atoms with Crippen LogP contribution in [0.5, 0.6) is 0 Å². The molecule has 5 atom stereocenters. The maximum Gasteiger partial charge on any atom is 0.326 e. The molecule has 0 aliphatic rings. The second kappa shape index (κ2) is 13.5. The molecule has 13 nitrogen and oxygen atoms in total. The van der Waals surface area contributed by atoms with Crippen LogP contribution in [0.2, 0.25) is 0 Å². The van der Waals surface area contributed by atoms with E-state index in [2.05, 4.69) is 48.5 Å². The number of H-pyrrole nitrogens is 2. The van der Waals surface area contributed by atoms with Crippen molar-refractivity contribution in [2.75, 3.05) is 5.75 Å². The molecule has 2 aromatic rings. The molecule has 192 valence electrons. The van der Waals surface area contributed by atoms with Gasteiger partial charge >= 0.3 is 5.97 Å². The van der Waals surface area contributed by atoms with Crippen molar-refractivity contribution in [2.24, 2.45) is 11.7 Å². The van der Waals surface area contributed by atoms with Crippen molar-refractivity contribution in [3.05, 3.63) is 36.4 Å². The van der Waals surface area contributed by atoms with Crippen LogP contribution in [0.15, 0.2) is 25.0 Å². The third-order valence-electron chi connectivity index (χ3n) is 5.53. The smallest absolute Gasteiger partial charge is 0.326 e. The molecule has 0 aromatic carbocycles. The number of imidazole rings is 2. The first-order valence-corrected chi connectivity index (χ1v) is 11.7. The predicted molar refractivity (Wildman–Crippen MR) is 129 cm³/mol. The highest BCUT2D eigenvalue weighted by molar-refractivity contribution is 7.80. The van der Waals surface area contributed by atoms with Crippen LogP contribution < -0.4 is 21.7 Å². The number of carbonyl (C=O) groups is 4. The number of hydrogen-bond donors (Lipinski definition) is 8. The van der Waals surface area contributed by atoms with E-state index in [9.17, 15) is 24.3 Å². The average molecular weight is 509 g/mol. The summed E-state index contributed by atoms with van der Waals surface area (Å²) in [7, 11) is 0. The number of rotatable bonds is 14. The zero-order valence-corrected chi connectivity index (χ0v) is 20.4. The summed E-state index contributed by atoms with van der Waals surface area (Å²) in [5.74, 6) is -3.33. The largest absolute Gasteiger partial charge is 0.480 e. The van der Waals surface area contributed by atoms with Gasteiger partial charge in [0.1, 0.15) is 18.1 Å². The minimum Gasteiger partial charge on any atom is -0.480 e. The number of hydrogen-bond acceptors (Lipinski definition) is 8. The van der Waals surface area contributed by atoms with E-state index in [0.29, 0.717) is 17.8 Å². The first kappa shape index (κ1) is 27.9. The van der Waals surface area contributed by atoms with E-state index in [-0.39, 0.29) is 24.5 Å². The van der Waals surface area contributed by atoms with Crippen molar-refractivity contribution in [1.82, 2.24) is 35.9 Å². The number of thiol groups is 1. The van der Waals surface area contributed by atoms with E-state index in [4.69, 9.17) is 5.73 Å². The predicted octanol–water partition coefficient (Wildman–Crippen LogP) is -1.24. The Bertz CT molecular complexity index is 969. The molecule has 0 saturated carbocycles. The number of nitrogens with zero attached hydrogens (tertiary/aromatic N) is 2. The first-order valence-electron chi connectivity index (χ1n) is 11.1. The van der Waals surface area contributed by atoms with Crippen LogP contribution in [-0.4, -0.2) is 78.7 Å². The molecule has 5 unspecified atom stereocenters. The van der Waals surface area contributed by atoms with Crippen molar-refractivity contribution in [3.63, 3.8) is 0 Å². The Kier molecular flexibility index (Phi) is 10.7. The van der Waals surface area contributed by atoms with E-state index in [1.807, 2.05) is 6.92 Å². The minimum atomic E-state index is -1.24. The number of carboxylic acid groups (broad SMARTS) is 1. The highest BCUT2D eigenvalue weighted by atomic mass is 32.1. The lowest BCUT2D eigenvalue weighted by atomic mass is 9.97. The summed E-state index contributed by atoms with van der Waals surface area (Å²) in [6, 6.07) is -4.27. The molecule has 0 fully saturated rings. The lowest BCUT2D eigenvalue weighted by Gasteiger charge is -2.28. The third-order valence-corrected chi connectivity index (χ3v) is 5.93. The van der Waals surface area contributed by atoms with Gasteiger partial charge in [0.15, 0.2) is 0 Å². The van der Waals surface area contributed by atoms with Crippen LogP contribution in [-0.2, 0) is 32.0 Å². The zero-order chi connectivity index (χ0) is 26.0. The average Bonchev–Trinajstić information content (AvgIpc) is 3.54. The van der Waals surface area contributed by atoms with Crippen molar-refractivity contribution in [1.29, 1.82) is 0 Å². The fourth-order valence-electron chi connectivity index (χ4n) is 3.22. The van der Waals surface area contributed by atoms with Gasteiger partial charge in [-0.3, -0.25) is 14.4 Å². The molecule has 2 heterocycles. The van der Waals surface area contributed by atoms with Gasteiger partial charge in [-0.25, -0.2) is 14.8 Å². The second-order valence-corrected chi connectivity index (χ2v) is 8.55. The van der Waals surface area contributed by atoms with Crippen molar-refractivity contribution < 1.29 is 24.3 Å². The molecule has 0 radical (unpaired) electrons. The van der Waals surface area contributed by atoms with Gasteiger partial charge in [-0.05, 0) is 5.92 Å². The topological polar surface area (TPSA) is 208 Å².